The number of nitrogens with zero attached hydrogens (tertiary/aromatic N) is 1. The number of rotatable bonds is 1. The molecule has 1 radical (unpaired) electrons. The first-order chi connectivity index (χ1) is 7.45. The van der Waals surface area contributed by atoms with Crippen LogP contribution in [-0.4, -0.2) is 18.0 Å². The second-order valence-electron chi connectivity index (χ2n) is 4.42. The number of likely N-dealkylation sites (tertiary alicyclic amines) is 1. The van der Waals surface area contributed by atoms with Crippen LogP contribution in [0.3, 0.4) is 0 Å². The minimum atomic E-state index is 0.428. The number of allylic oxidation sites excluding steroid dienone is 1. The van der Waals surface area contributed by atoms with Gasteiger partial charge in [0.1, 0.15) is 0 Å². The van der Waals surface area contributed by atoms with Gasteiger partial charge in [-0.3, -0.25) is 4.90 Å². The second-order valence-corrected chi connectivity index (χ2v) is 4.42. The highest BCUT2D eigenvalue weighted by atomic mass is 15.2. The molecule has 1 heterocycles. The molecule has 0 saturated carbocycles. The molecule has 3 rings (SSSR count). The zero-order valence-electron chi connectivity index (χ0n) is 8.95. The molecule has 0 bridgehead atoms. The van der Waals surface area contributed by atoms with Gasteiger partial charge in [-0.2, -0.15) is 0 Å². The van der Waals surface area contributed by atoms with Gasteiger partial charge in [0.25, 0.3) is 0 Å². The predicted octanol–water partition coefficient (Wildman–Crippen LogP) is 2.74. The molecule has 1 aliphatic heterocycles. The van der Waals surface area contributed by atoms with E-state index in [1.165, 1.54) is 37.1 Å². The largest absolute Gasteiger partial charge is 0.292 e. The minimum Gasteiger partial charge on any atom is -0.292 e. The van der Waals surface area contributed by atoms with Crippen LogP contribution in [0.2, 0.25) is 0 Å². The van der Waals surface area contributed by atoms with E-state index in [-0.39, 0.29) is 0 Å². The smallest absolute Gasteiger partial charge is 0.0604 e. The molecule has 1 atom stereocenters. The van der Waals surface area contributed by atoms with Crippen molar-refractivity contribution < 1.29 is 0 Å². The van der Waals surface area contributed by atoms with E-state index in [0.717, 1.165) is 6.42 Å². The summed E-state index contributed by atoms with van der Waals surface area (Å²) in [7, 11) is 0. The van der Waals surface area contributed by atoms with E-state index in [1.807, 2.05) is 0 Å². The summed E-state index contributed by atoms with van der Waals surface area (Å²) in [5.74, 6) is 0. The Hall–Kier alpha value is -1.08. The van der Waals surface area contributed by atoms with Crippen LogP contribution in [0.4, 0.5) is 0 Å². The fourth-order valence-electron chi connectivity index (χ4n) is 2.66. The third kappa shape index (κ3) is 1.61. The van der Waals surface area contributed by atoms with Gasteiger partial charge in [-0.1, -0.05) is 30.3 Å². The lowest BCUT2D eigenvalue weighted by molar-refractivity contribution is 0.278. The van der Waals surface area contributed by atoms with Crippen molar-refractivity contribution in [1.82, 2.24) is 4.90 Å². The lowest BCUT2D eigenvalue weighted by Gasteiger charge is -2.28. The molecule has 0 amide bonds. The van der Waals surface area contributed by atoms with Crippen molar-refractivity contribution >= 4 is 0 Å². The zero-order chi connectivity index (χ0) is 10.1. The van der Waals surface area contributed by atoms with E-state index >= 15 is 0 Å². The quantitative estimate of drug-likeness (QED) is 0.670. The molecule has 0 spiro atoms. The molecule has 1 unspecified atom stereocenters. The van der Waals surface area contributed by atoms with Gasteiger partial charge < -0.3 is 0 Å². The van der Waals surface area contributed by atoms with E-state index in [1.54, 1.807) is 0 Å². The van der Waals surface area contributed by atoms with Gasteiger partial charge in [-0.05, 0) is 49.6 Å². The summed E-state index contributed by atoms with van der Waals surface area (Å²) in [6.45, 7) is 2.47. The molecular formula is C14H16N. The van der Waals surface area contributed by atoms with Crippen LogP contribution >= 0.6 is 0 Å². The van der Waals surface area contributed by atoms with Gasteiger partial charge >= 0.3 is 0 Å². The van der Waals surface area contributed by atoms with Crippen LogP contribution in [0.25, 0.3) is 0 Å². The van der Waals surface area contributed by atoms with Gasteiger partial charge in [0.05, 0.1) is 6.04 Å². The standard InChI is InChI=1S/C14H16N/c1-2-8-13-12(6-1)7-5-9-14(13)15-10-3-4-11-15/h1-2,5-6,8,14H,3-4,7,10-11H2. The third-order valence-corrected chi connectivity index (χ3v) is 3.45. The molecule has 1 aliphatic carbocycles. The lowest BCUT2D eigenvalue weighted by atomic mass is 9.92. The van der Waals surface area contributed by atoms with Crippen molar-refractivity contribution in [2.75, 3.05) is 13.1 Å². The number of benzene rings is 1. The Kier molecular flexibility index (Phi) is 2.34. The predicted molar refractivity (Wildman–Crippen MR) is 61.5 cm³/mol. The Morgan fingerprint density at radius 1 is 1.13 bits per heavy atom. The highest BCUT2D eigenvalue weighted by Gasteiger charge is 2.24. The van der Waals surface area contributed by atoms with E-state index in [9.17, 15) is 0 Å². The van der Waals surface area contributed by atoms with Crippen molar-refractivity contribution in [2.45, 2.75) is 25.3 Å². The van der Waals surface area contributed by atoms with Crippen LogP contribution in [0.15, 0.2) is 30.3 Å². The normalized spacial score (nSPS) is 25.5. The first-order valence-corrected chi connectivity index (χ1v) is 5.85. The molecule has 1 saturated heterocycles. The number of hydrogen-bond donors (Lipinski definition) is 0. The Morgan fingerprint density at radius 2 is 1.93 bits per heavy atom. The first-order valence-electron chi connectivity index (χ1n) is 5.85. The highest BCUT2D eigenvalue weighted by Crippen LogP contribution is 2.31. The van der Waals surface area contributed by atoms with Crippen molar-refractivity contribution in [3.8, 4) is 0 Å². The minimum absolute atomic E-state index is 0.428. The average molecular weight is 198 g/mol. The summed E-state index contributed by atoms with van der Waals surface area (Å²) in [6.07, 6.45) is 9.47. The molecule has 1 fully saturated rings. The van der Waals surface area contributed by atoms with E-state index < -0.39 is 0 Å². The lowest BCUT2D eigenvalue weighted by Crippen LogP contribution is -2.26. The molecule has 1 heteroatoms. The Labute approximate surface area is 91.4 Å². The maximum Gasteiger partial charge on any atom is 0.0604 e. The van der Waals surface area contributed by atoms with Crippen molar-refractivity contribution in [1.29, 1.82) is 0 Å². The van der Waals surface area contributed by atoms with Gasteiger partial charge in [-0.15, -0.1) is 0 Å². The van der Waals surface area contributed by atoms with Crippen LogP contribution in [0.5, 0.6) is 0 Å². The molecule has 1 aromatic carbocycles. The molecule has 2 aliphatic rings. The van der Waals surface area contributed by atoms with Crippen LogP contribution in [-0.2, 0) is 6.42 Å². The van der Waals surface area contributed by atoms with Gasteiger partial charge in [-0.25, -0.2) is 0 Å². The Bertz CT molecular complexity index is 375. The molecular weight excluding hydrogens is 182 g/mol. The Morgan fingerprint density at radius 3 is 2.80 bits per heavy atom. The SMILES string of the molecule is [C]1=CCc2ccccc2C1N1CCCC1. The summed E-state index contributed by atoms with van der Waals surface area (Å²) in [5, 5.41) is 0. The number of hydrogen-bond acceptors (Lipinski definition) is 1. The van der Waals surface area contributed by atoms with Crippen LogP contribution < -0.4 is 0 Å². The third-order valence-electron chi connectivity index (χ3n) is 3.45. The van der Waals surface area contributed by atoms with Crippen molar-refractivity contribution in [3.63, 3.8) is 0 Å². The fourth-order valence-corrected chi connectivity index (χ4v) is 2.66. The summed E-state index contributed by atoms with van der Waals surface area (Å²) in [5.41, 5.74) is 2.95. The van der Waals surface area contributed by atoms with Gasteiger partial charge in [0.15, 0.2) is 0 Å². The molecule has 77 valence electrons. The summed E-state index contributed by atoms with van der Waals surface area (Å²) < 4.78 is 0. The van der Waals surface area contributed by atoms with E-state index in [0.29, 0.717) is 6.04 Å². The van der Waals surface area contributed by atoms with Crippen molar-refractivity contribution in [3.05, 3.63) is 47.5 Å². The summed E-state index contributed by atoms with van der Waals surface area (Å²) in [6, 6.07) is 9.22. The molecule has 1 nitrogen and oxygen atoms in total. The maximum absolute atomic E-state index is 3.52. The van der Waals surface area contributed by atoms with Gasteiger partial charge in [0, 0.05) is 0 Å². The molecule has 15 heavy (non-hydrogen) atoms. The topological polar surface area (TPSA) is 3.24 Å². The van der Waals surface area contributed by atoms with E-state index in [2.05, 4.69) is 41.3 Å². The second kappa shape index (κ2) is 3.82. The maximum atomic E-state index is 3.52. The summed E-state index contributed by atoms with van der Waals surface area (Å²) >= 11 is 0. The monoisotopic (exact) mass is 198 g/mol. The van der Waals surface area contributed by atoms with E-state index in [4.69, 9.17) is 0 Å². The van der Waals surface area contributed by atoms with Crippen molar-refractivity contribution in [2.24, 2.45) is 0 Å². The molecule has 0 aromatic heterocycles. The van der Waals surface area contributed by atoms with Crippen LogP contribution in [0, 0.1) is 6.08 Å². The van der Waals surface area contributed by atoms with Gasteiger partial charge in [0.2, 0.25) is 0 Å². The first kappa shape index (κ1) is 9.17. The fraction of sp³-hybridized carbons (Fsp3) is 0.429. The number of fused-ring (bicyclic) bond motifs is 1. The highest BCUT2D eigenvalue weighted by molar-refractivity contribution is 5.35. The zero-order valence-corrected chi connectivity index (χ0v) is 8.95. The molecule has 0 N–H and O–H groups in total. The van der Waals surface area contributed by atoms with Crippen LogP contribution in [0.1, 0.15) is 30.0 Å². The average Bonchev–Trinajstić information content (AvgIpc) is 2.82. The molecule has 1 aromatic rings. The summed E-state index contributed by atoms with van der Waals surface area (Å²) in [4.78, 5) is 2.55. The Balaban J connectivity index is 1.95.